The molecule has 0 saturated carbocycles. The molecule has 6 heteroatoms. The maximum Gasteiger partial charge on any atom is 0.171 e. The Hall–Kier alpha value is -2.70. The Morgan fingerprint density at radius 3 is 2.80 bits per heavy atom. The van der Waals surface area contributed by atoms with Gasteiger partial charge in [-0.2, -0.15) is 0 Å². The summed E-state index contributed by atoms with van der Waals surface area (Å²) in [6.45, 7) is 2.23. The average Bonchev–Trinajstić information content (AvgIpc) is 3.13. The molecule has 5 nitrogen and oxygen atoms in total. The number of allylic oxidation sites excluding steroid dienone is 2. The molecule has 1 aromatic carbocycles. The van der Waals surface area contributed by atoms with Crippen LogP contribution in [0.15, 0.2) is 48.8 Å². The first-order chi connectivity index (χ1) is 14.4. The highest BCUT2D eigenvalue weighted by molar-refractivity contribution is 7.19. The van der Waals surface area contributed by atoms with E-state index in [9.17, 15) is 0 Å². The molecule has 30 heavy (non-hydrogen) atoms. The Balaban J connectivity index is 1.55. The Kier molecular flexibility index (Phi) is 5.88. The van der Waals surface area contributed by atoms with Crippen LogP contribution in [0.4, 0.5) is 5.69 Å². The molecule has 0 atom stereocenters. The number of nitrogens with zero attached hydrogens (tertiary/aromatic N) is 4. The molecule has 0 spiro atoms. The lowest BCUT2D eigenvalue weighted by molar-refractivity contribution is -0.870. The van der Waals surface area contributed by atoms with E-state index in [4.69, 9.17) is 4.74 Å². The molecule has 0 amide bonds. The summed E-state index contributed by atoms with van der Waals surface area (Å²) in [5.41, 5.74) is 4.45. The number of unbranched alkanes of at least 4 members (excludes halogenated alkanes) is 1. The van der Waals surface area contributed by atoms with Crippen molar-refractivity contribution >= 4 is 39.0 Å². The summed E-state index contributed by atoms with van der Waals surface area (Å²) in [6, 6.07) is 10.6. The van der Waals surface area contributed by atoms with E-state index in [-0.39, 0.29) is 0 Å². The van der Waals surface area contributed by atoms with Crippen LogP contribution in [0.3, 0.4) is 0 Å². The molecule has 3 heterocycles. The number of hydrogen-bond donors (Lipinski definition) is 0. The van der Waals surface area contributed by atoms with Gasteiger partial charge >= 0.3 is 0 Å². The lowest BCUT2D eigenvalue weighted by Crippen LogP contribution is -2.35. The van der Waals surface area contributed by atoms with E-state index in [1.807, 2.05) is 6.07 Å². The predicted molar refractivity (Wildman–Crippen MR) is 127 cm³/mol. The van der Waals surface area contributed by atoms with Crippen LogP contribution in [-0.2, 0) is 0 Å². The van der Waals surface area contributed by atoms with E-state index in [2.05, 4.69) is 78.6 Å². The molecule has 4 rings (SSSR count). The van der Waals surface area contributed by atoms with Crippen molar-refractivity contribution in [2.24, 2.45) is 0 Å². The molecule has 0 aliphatic carbocycles. The number of rotatable bonds is 7. The fraction of sp³-hybridized carbons (Fsp3) is 0.333. The fourth-order valence-electron chi connectivity index (χ4n) is 3.62. The summed E-state index contributed by atoms with van der Waals surface area (Å²) in [5, 5.41) is 0.955. The van der Waals surface area contributed by atoms with Crippen molar-refractivity contribution in [1.29, 1.82) is 0 Å². The highest BCUT2D eigenvalue weighted by Crippen LogP contribution is 2.35. The Morgan fingerprint density at radius 1 is 1.17 bits per heavy atom. The highest BCUT2D eigenvalue weighted by Gasteiger charge is 2.17. The molecule has 0 N–H and O–H groups in total. The molecule has 1 aliphatic heterocycles. The second-order valence-corrected chi connectivity index (χ2v) is 9.66. The van der Waals surface area contributed by atoms with Gasteiger partial charge in [-0.15, -0.1) is 11.3 Å². The molecular weight excluding hydrogens is 392 g/mol. The summed E-state index contributed by atoms with van der Waals surface area (Å²) >= 11 is 1.64. The smallest absolute Gasteiger partial charge is 0.171 e. The summed E-state index contributed by atoms with van der Waals surface area (Å²) in [4.78, 5) is 11.5. The minimum atomic E-state index is 0.758. The molecule has 0 radical (unpaired) electrons. The third-order valence-corrected chi connectivity index (χ3v) is 6.13. The van der Waals surface area contributed by atoms with Crippen molar-refractivity contribution in [3.63, 3.8) is 0 Å². The maximum atomic E-state index is 5.28. The van der Waals surface area contributed by atoms with Gasteiger partial charge in [-0.1, -0.05) is 18.2 Å². The third kappa shape index (κ3) is 4.71. The number of fused-ring (bicyclic) bond motifs is 2. The largest absolute Gasteiger partial charge is 0.495 e. The molecule has 0 unspecified atom stereocenters. The minimum absolute atomic E-state index is 0.758. The predicted octanol–water partition coefficient (Wildman–Crippen LogP) is 5.06. The molecule has 1 aliphatic rings. The van der Waals surface area contributed by atoms with Crippen molar-refractivity contribution in [2.45, 2.75) is 12.8 Å². The summed E-state index contributed by atoms with van der Waals surface area (Å²) in [7, 11) is 8.41. The van der Waals surface area contributed by atoms with Crippen LogP contribution in [0.2, 0.25) is 0 Å². The lowest BCUT2D eigenvalue weighted by Gasteiger charge is -2.28. The first kappa shape index (κ1) is 20.6. The van der Waals surface area contributed by atoms with Gasteiger partial charge in [0.2, 0.25) is 0 Å². The van der Waals surface area contributed by atoms with Crippen LogP contribution < -0.4 is 9.64 Å². The maximum absolute atomic E-state index is 5.28. The van der Waals surface area contributed by atoms with E-state index in [0.717, 1.165) is 32.1 Å². The van der Waals surface area contributed by atoms with Crippen molar-refractivity contribution in [1.82, 2.24) is 9.97 Å². The Labute approximate surface area is 182 Å². The number of para-hydroxylation sites is 1. The topological polar surface area (TPSA) is 38.3 Å². The van der Waals surface area contributed by atoms with Gasteiger partial charge in [0.15, 0.2) is 5.65 Å². The zero-order chi connectivity index (χ0) is 21.1. The van der Waals surface area contributed by atoms with E-state index in [1.54, 1.807) is 24.6 Å². The zero-order valence-electron chi connectivity index (χ0n) is 18.1. The third-order valence-electron chi connectivity index (χ3n) is 5.19. The number of hydrogen-bond acceptors (Lipinski definition) is 5. The van der Waals surface area contributed by atoms with Crippen LogP contribution in [0.1, 0.15) is 23.4 Å². The van der Waals surface area contributed by atoms with Gasteiger partial charge in [0.25, 0.3) is 0 Å². The van der Waals surface area contributed by atoms with Crippen LogP contribution in [0.25, 0.3) is 22.0 Å². The second kappa shape index (κ2) is 8.58. The van der Waals surface area contributed by atoms with Gasteiger partial charge in [0.05, 0.1) is 45.7 Å². The zero-order valence-corrected chi connectivity index (χ0v) is 18.9. The van der Waals surface area contributed by atoms with Gasteiger partial charge in [-0.05, 0) is 36.6 Å². The van der Waals surface area contributed by atoms with Crippen molar-refractivity contribution in [3.05, 3.63) is 59.4 Å². The first-order valence-electron chi connectivity index (χ1n) is 10.3. The van der Waals surface area contributed by atoms with Crippen LogP contribution >= 0.6 is 11.3 Å². The number of methoxy groups -OCH3 is 1. The van der Waals surface area contributed by atoms with E-state index in [0.29, 0.717) is 0 Å². The number of benzene rings is 1. The number of thiazole rings is 1. The first-order valence-corrected chi connectivity index (χ1v) is 11.1. The minimum Gasteiger partial charge on any atom is -0.495 e. The molecular formula is C24H29N4OS+. The second-order valence-electron chi connectivity index (χ2n) is 8.60. The number of aromatic nitrogens is 2. The molecule has 0 bridgehead atoms. The van der Waals surface area contributed by atoms with Gasteiger partial charge in [0.1, 0.15) is 10.8 Å². The molecule has 156 valence electrons. The molecule has 0 saturated heterocycles. The van der Waals surface area contributed by atoms with Gasteiger partial charge in [-0.3, -0.25) is 0 Å². The van der Waals surface area contributed by atoms with E-state index >= 15 is 0 Å². The monoisotopic (exact) mass is 421 g/mol. The van der Waals surface area contributed by atoms with Crippen LogP contribution in [0, 0.1) is 0 Å². The van der Waals surface area contributed by atoms with Crippen molar-refractivity contribution < 1.29 is 9.22 Å². The molecule has 2 aromatic heterocycles. The van der Waals surface area contributed by atoms with Gasteiger partial charge in [0, 0.05) is 30.1 Å². The summed E-state index contributed by atoms with van der Waals surface area (Å²) < 4.78 is 7.33. The lowest BCUT2D eigenvalue weighted by atomic mass is 9.99. The standard InChI is InChI=1S/C24H29N4OS/c1-28(2,3)14-8-7-12-27-13-11-18(20-9-5-6-10-21(20)27)15-23-26-24-22(30-23)16-19(29-4)17-25-24/h5-6,9-11,13,15-17H,7-8,12,14H2,1-4H3/q+1. The van der Waals surface area contributed by atoms with Crippen molar-refractivity contribution in [2.75, 3.05) is 46.2 Å². The normalized spacial score (nSPS) is 15.1. The van der Waals surface area contributed by atoms with Gasteiger partial charge in [-0.25, -0.2) is 9.97 Å². The summed E-state index contributed by atoms with van der Waals surface area (Å²) in [5.74, 6) is 0.758. The molecule has 0 fully saturated rings. The van der Waals surface area contributed by atoms with Gasteiger partial charge < -0.3 is 14.1 Å². The Morgan fingerprint density at radius 2 is 2.00 bits per heavy atom. The van der Waals surface area contributed by atoms with E-state index < -0.39 is 0 Å². The average molecular weight is 422 g/mol. The number of quaternary nitrogens is 1. The number of ether oxygens (including phenoxy) is 1. The van der Waals surface area contributed by atoms with E-state index in [1.165, 1.54) is 36.2 Å². The number of anilines is 1. The number of pyridine rings is 1. The SMILES string of the molecule is COc1cnc2nc(C=C3C=CN(CCCC[N+](C)(C)C)c4ccccc43)sc2c1. The highest BCUT2D eigenvalue weighted by atomic mass is 32.1. The Bertz CT molecular complexity index is 1090. The van der Waals surface area contributed by atoms with Crippen LogP contribution in [0.5, 0.6) is 5.75 Å². The van der Waals surface area contributed by atoms with Crippen LogP contribution in [-0.4, -0.2) is 55.8 Å². The summed E-state index contributed by atoms with van der Waals surface area (Å²) in [6.07, 6.45) is 10.7. The quantitative estimate of drug-likeness (QED) is 0.395. The van der Waals surface area contributed by atoms with Crippen molar-refractivity contribution in [3.8, 4) is 5.75 Å². The molecule has 3 aromatic rings. The fourth-order valence-corrected chi connectivity index (χ4v) is 4.53.